The quantitative estimate of drug-likeness (QED) is 0.328. The molecule has 31 heavy (non-hydrogen) atoms. The van der Waals surface area contributed by atoms with Crippen LogP contribution >= 0.6 is 0 Å². The number of amides is 1. The second-order valence-corrected chi connectivity index (χ2v) is 6.66. The number of aromatic hydroxyl groups is 1. The minimum atomic E-state index is -0.463. The molecule has 0 spiro atoms. The van der Waals surface area contributed by atoms with Gasteiger partial charge in [-0.1, -0.05) is 30.3 Å². The third-order valence-electron chi connectivity index (χ3n) is 4.81. The highest BCUT2D eigenvalue weighted by molar-refractivity contribution is 6.03. The number of nitrogens with one attached hydrogen (secondary N) is 2. The first-order chi connectivity index (χ1) is 15.1. The van der Waals surface area contributed by atoms with Crippen LogP contribution in [0.25, 0.3) is 22.0 Å². The lowest BCUT2D eigenvalue weighted by atomic mass is 10.0. The number of phenolic OH excluding ortho intramolecular Hbond substituents is 1. The molecule has 0 bridgehead atoms. The number of nitrogens with zero attached hydrogens (tertiary/aromatic N) is 2. The Bertz CT molecular complexity index is 1280. The van der Waals surface area contributed by atoms with Crippen molar-refractivity contribution in [3.8, 4) is 28.5 Å². The first-order valence-electron chi connectivity index (χ1n) is 9.42. The van der Waals surface area contributed by atoms with E-state index in [4.69, 9.17) is 9.47 Å². The monoisotopic (exact) mass is 416 g/mol. The van der Waals surface area contributed by atoms with Gasteiger partial charge in [0.25, 0.3) is 5.91 Å². The lowest BCUT2D eigenvalue weighted by Crippen LogP contribution is -2.18. The highest BCUT2D eigenvalue weighted by atomic mass is 16.5. The van der Waals surface area contributed by atoms with Crippen LogP contribution in [0, 0.1) is 0 Å². The van der Waals surface area contributed by atoms with Crippen molar-refractivity contribution in [3.05, 3.63) is 71.9 Å². The van der Waals surface area contributed by atoms with Gasteiger partial charge in [0.05, 0.1) is 26.1 Å². The minimum Gasteiger partial charge on any atom is -0.507 e. The molecule has 0 radical (unpaired) electrons. The summed E-state index contributed by atoms with van der Waals surface area (Å²) in [5.41, 5.74) is 4.54. The molecule has 0 aliphatic rings. The summed E-state index contributed by atoms with van der Waals surface area (Å²) in [6.07, 6.45) is 1.42. The molecular weight excluding hydrogens is 396 g/mol. The van der Waals surface area contributed by atoms with Crippen LogP contribution in [0.3, 0.4) is 0 Å². The number of fused-ring (bicyclic) bond motifs is 1. The number of rotatable bonds is 6. The molecule has 0 fully saturated rings. The van der Waals surface area contributed by atoms with Crippen LogP contribution < -0.4 is 14.9 Å². The number of hydrogen-bond acceptors (Lipinski definition) is 6. The molecule has 0 aliphatic heterocycles. The van der Waals surface area contributed by atoms with E-state index >= 15 is 0 Å². The standard InChI is InChI=1S/C23H20N4O4/c1-30-21-10-8-15(11-22(21)31-2)18-12-19(26-25-18)23(29)27-24-13-17-16-6-4-3-5-14(16)7-9-20(17)28/h3-13,28H,1-2H3,(H,25,26)(H,27,29). The van der Waals surface area contributed by atoms with E-state index in [9.17, 15) is 9.90 Å². The predicted octanol–water partition coefficient (Wildman–Crippen LogP) is 3.72. The maximum absolute atomic E-state index is 12.4. The third-order valence-corrected chi connectivity index (χ3v) is 4.81. The number of hydrazone groups is 1. The topological polar surface area (TPSA) is 109 Å². The van der Waals surface area contributed by atoms with Crippen LogP contribution in [0.1, 0.15) is 16.1 Å². The molecule has 4 rings (SSSR count). The number of carbonyl (C=O) groups excluding carboxylic acids is 1. The zero-order valence-corrected chi connectivity index (χ0v) is 16.9. The van der Waals surface area contributed by atoms with Crippen LogP contribution in [0.2, 0.25) is 0 Å². The SMILES string of the molecule is COc1ccc(-c2cc(C(=O)NN=Cc3c(O)ccc4ccccc34)[nH]n2)cc1OC. The summed E-state index contributed by atoms with van der Waals surface area (Å²) >= 11 is 0. The van der Waals surface area contributed by atoms with Gasteiger partial charge in [-0.05, 0) is 41.1 Å². The van der Waals surface area contributed by atoms with Crippen LogP contribution in [0.4, 0.5) is 0 Å². The van der Waals surface area contributed by atoms with Gasteiger partial charge in [-0.3, -0.25) is 9.89 Å². The summed E-state index contributed by atoms with van der Waals surface area (Å²) in [6.45, 7) is 0. The zero-order valence-electron chi connectivity index (χ0n) is 16.9. The number of benzene rings is 3. The van der Waals surface area contributed by atoms with Crippen molar-refractivity contribution in [3.63, 3.8) is 0 Å². The molecule has 8 heteroatoms. The number of carbonyl (C=O) groups is 1. The van der Waals surface area contributed by atoms with Crippen molar-refractivity contribution in [1.29, 1.82) is 0 Å². The molecule has 1 aromatic heterocycles. The smallest absolute Gasteiger partial charge is 0.289 e. The number of methoxy groups -OCH3 is 2. The number of hydrogen-bond donors (Lipinski definition) is 3. The highest BCUT2D eigenvalue weighted by Gasteiger charge is 2.13. The van der Waals surface area contributed by atoms with Crippen molar-refractivity contribution in [2.75, 3.05) is 14.2 Å². The number of phenols is 1. The number of aromatic nitrogens is 2. The summed E-state index contributed by atoms with van der Waals surface area (Å²) < 4.78 is 10.5. The molecule has 8 nitrogen and oxygen atoms in total. The Balaban J connectivity index is 1.51. The van der Waals surface area contributed by atoms with E-state index in [1.54, 1.807) is 38.5 Å². The Morgan fingerprint density at radius 1 is 1.06 bits per heavy atom. The molecule has 0 aliphatic carbocycles. The normalized spacial score (nSPS) is 11.0. The Labute approximate surface area is 178 Å². The van der Waals surface area contributed by atoms with Gasteiger partial charge >= 0.3 is 0 Å². The molecule has 4 aromatic rings. The Hall–Kier alpha value is -4.33. The molecule has 3 N–H and O–H groups in total. The van der Waals surface area contributed by atoms with Gasteiger partial charge in [-0.2, -0.15) is 10.2 Å². The molecular formula is C23H20N4O4. The minimum absolute atomic E-state index is 0.0778. The first-order valence-corrected chi connectivity index (χ1v) is 9.42. The van der Waals surface area contributed by atoms with E-state index in [0.29, 0.717) is 22.8 Å². The predicted molar refractivity (Wildman–Crippen MR) is 118 cm³/mol. The first kappa shape index (κ1) is 20.0. The van der Waals surface area contributed by atoms with Gasteiger partial charge in [-0.25, -0.2) is 5.43 Å². The van der Waals surface area contributed by atoms with E-state index in [2.05, 4.69) is 20.7 Å². The third kappa shape index (κ3) is 4.04. The Kier molecular flexibility index (Phi) is 5.53. The van der Waals surface area contributed by atoms with Gasteiger partial charge in [0.15, 0.2) is 11.5 Å². The Morgan fingerprint density at radius 3 is 2.68 bits per heavy atom. The van der Waals surface area contributed by atoms with Crippen molar-refractivity contribution in [2.24, 2.45) is 5.10 Å². The number of H-pyrrole nitrogens is 1. The maximum Gasteiger partial charge on any atom is 0.289 e. The number of ether oxygens (including phenoxy) is 2. The lowest BCUT2D eigenvalue weighted by Gasteiger charge is -2.08. The van der Waals surface area contributed by atoms with E-state index in [0.717, 1.165) is 16.3 Å². The van der Waals surface area contributed by atoms with Gasteiger partial charge in [0.1, 0.15) is 11.4 Å². The maximum atomic E-state index is 12.4. The van der Waals surface area contributed by atoms with Gasteiger partial charge in [0.2, 0.25) is 0 Å². The average Bonchev–Trinajstić information content (AvgIpc) is 3.30. The molecule has 0 atom stereocenters. The van der Waals surface area contributed by atoms with E-state index in [1.807, 2.05) is 36.4 Å². The van der Waals surface area contributed by atoms with Crippen LogP contribution in [-0.4, -0.2) is 41.6 Å². The van der Waals surface area contributed by atoms with Gasteiger partial charge < -0.3 is 14.6 Å². The van der Waals surface area contributed by atoms with Gasteiger partial charge in [0, 0.05) is 11.1 Å². The van der Waals surface area contributed by atoms with Crippen molar-refractivity contribution in [1.82, 2.24) is 15.6 Å². The van der Waals surface area contributed by atoms with E-state index < -0.39 is 5.91 Å². The van der Waals surface area contributed by atoms with Crippen molar-refractivity contribution >= 4 is 22.9 Å². The van der Waals surface area contributed by atoms with E-state index in [1.165, 1.54) is 6.21 Å². The summed E-state index contributed by atoms with van der Waals surface area (Å²) in [5.74, 6) is 0.781. The Morgan fingerprint density at radius 2 is 1.87 bits per heavy atom. The molecule has 0 unspecified atom stereocenters. The summed E-state index contributed by atoms with van der Waals surface area (Å²) in [6, 6.07) is 18.0. The van der Waals surface area contributed by atoms with Crippen LogP contribution in [-0.2, 0) is 0 Å². The molecule has 0 saturated carbocycles. The highest BCUT2D eigenvalue weighted by Crippen LogP contribution is 2.31. The second kappa shape index (κ2) is 8.58. The van der Waals surface area contributed by atoms with Crippen molar-refractivity contribution < 1.29 is 19.4 Å². The molecule has 1 amide bonds. The van der Waals surface area contributed by atoms with Crippen molar-refractivity contribution in [2.45, 2.75) is 0 Å². The fraction of sp³-hybridized carbons (Fsp3) is 0.0870. The zero-order chi connectivity index (χ0) is 21.8. The lowest BCUT2D eigenvalue weighted by molar-refractivity contribution is 0.0950. The van der Waals surface area contributed by atoms with E-state index in [-0.39, 0.29) is 11.4 Å². The fourth-order valence-corrected chi connectivity index (χ4v) is 3.22. The van der Waals surface area contributed by atoms with Crippen LogP contribution in [0.15, 0.2) is 65.8 Å². The largest absolute Gasteiger partial charge is 0.507 e. The molecule has 0 saturated heterocycles. The number of aromatic amines is 1. The second-order valence-electron chi connectivity index (χ2n) is 6.66. The summed E-state index contributed by atoms with van der Waals surface area (Å²) in [7, 11) is 3.11. The summed E-state index contributed by atoms with van der Waals surface area (Å²) in [4.78, 5) is 12.4. The molecule has 1 heterocycles. The molecule has 156 valence electrons. The summed E-state index contributed by atoms with van der Waals surface area (Å²) in [5, 5.41) is 22.8. The fourth-order valence-electron chi connectivity index (χ4n) is 3.22. The molecule has 3 aromatic carbocycles. The van der Waals surface area contributed by atoms with Crippen LogP contribution in [0.5, 0.6) is 17.2 Å². The average molecular weight is 416 g/mol. The van der Waals surface area contributed by atoms with Gasteiger partial charge in [-0.15, -0.1) is 0 Å².